The molecule has 1 aliphatic carbocycles. The van der Waals surface area contributed by atoms with Crippen LogP contribution in [0.1, 0.15) is 124 Å². The zero-order valence-electron chi connectivity index (χ0n) is 32.2. The third-order valence-electron chi connectivity index (χ3n) is 9.73. The Morgan fingerprint density at radius 2 is 0.685 bits per heavy atom. The first-order valence-corrected chi connectivity index (χ1v) is 19.6. The molecule has 0 saturated carbocycles. The van der Waals surface area contributed by atoms with E-state index in [0.717, 1.165) is 73.6 Å². The van der Waals surface area contributed by atoms with E-state index in [1.807, 2.05) is 36.4 Å². The Morgan fingerprint density at radius 1 is 0.444 bits per heavy atom. The van der Waals surface area contributed by atoms with E-state index in [1.54, 1.807) is 24.3 Å². The zero-order valence-corrected chi connectivity index (χ0v) is 32.2. The van der Waals surface area contributed by atoms with Gasteiger partial charge in [0.05, 0.1) is 36.3 Å². The molecule has 288 valence electrons. The highest BCUT2D eigenvalue weighted by Gasteiger charge is 2.26. The molecule has 0 heterocycles. The van der Waals surface area contributed by atoms with E-state index in [9.17, 15) is 20.2 Å². The first kappa shape index (κ1) is 40.1. The van der Waals surface area contributed by atoms with Gasteiger partial charge >= 0.3 is 0 Å². The summed E-state index contributed by atoms with van der Waals surface area (Å²) in [6.45, 7) is 10.3. The van der Waals surface area contributed by atoms with Gasteiger partial charge in [0.2, 0.25) is 0 Å². The summed E-state index contributed by atoms with van der Waals surface area (Å²) in [4.78, 5) is 24.2. The summed E-state index contributed by atoms with van der Waals surface area (Å²) in [7, 11) is 0. The fourth-order valence-corrected chi connectivity index (χ4v) is 6.88. The van der Waals surface area contributed by atoms with E-state index < -0.39 is 0 Å². The third kappa shape index (κ3) is 10.1. The number of para-hydroxylation sites is 2. The molecule has 0 amide bonds. The Labute approximate surface area is 319 Å². The highest BCUT2D eigenvalue weighted by atomic mass is 16.6. The summed E-state index contributed by atoms with van der Waals surface area (Å²) >= 11 is 0. The van der Waals surface area contributed by atoms with Crippen LogP contribution in [0.3, 0.4) is 0 Å². The number of non-ortho nitro benzene ring substituents is 2. The summed E-state index contributed by atoms with van der Waals surface area (Å²) in [5.41, 5.74) is 6.20. The Hall–Kier alpha value is -5.12. The normalized spacial score (nSPS) is 12.2. The molecular weight excluding hydrogens is 684 g/mol. The molecule has 0 N–H and O–H groups in total. The molecule has 4 aromatic rings. The number of ether oxygens (including phenoxy) is 4. The lowest BCUT2D eigenvalue weighted by molar-refractivity contribution is -0.385. The number of nitro groups is 2. The van der Waals surface area contributed by atoms with Crippen LogP contribution in [0, 0.1) is 20.2 Å². The Morgan fingerprint density at radius 3 is 0.907 bits per heavy atom. The largest absolute Gasteiger partial charge is 0.493 e. The number of rotatable bonds is 18. The second kappa shape index (κ2) is 19.8. The molecule has 0 spiro atoms. The van der Waals surface area contributed by atoms with Crippen molar-refractivity contribution in [2.75, 3.05) is 26.4 Å². The molecule has 10 heteroatoms. The third-order valence-corrected chi connectivity index (χ3v) is 9.73. The van der Waals surface area contributed by atoms with E-state index in [-0.39, 0.29) is 21.2 Å². The van der Waals surface area contributed by atoms with Crippen LogP contribution in [0.25, 0.3) is 0 Å². The minimum atomic E-state index is -0.342. The van der Waals surface area contributed by atoms with Crippen LogP contribution in [-0.2, 0) is 25.7 Å². The summed E-state index contributed by atoms with van der Waals surface area (Å²) in [6, 6.07) is 18.4. The van der Waals surface area contributed by atoms with Gasteiger partial charge in [0.15, 0.2) is 0 Å². The highest BCUT2D eigenvalue weighted by molar-refractivity contribution is 5.60. The molecule has 54 heavy (non-hydrogen) atoms. The van der Waals surface area contributed by atoms with Gasteiger partial charge in [0.1, 0.15) is 23.0 Å². The van der Waals surface area contributed by atoms with Gasteiger partial charge < -0.3 is 18.9 Å². The molecule has 1 aliphatic rings. The molecule has 4 aromatic carbocycles. The van der Waals surface area contributed by atoms with Crippen LogP contribution in [0.15, 0.2) is 60.7 Å². The van der Waals surface area contributed by atoms with Crippen molar-refractivity contribution in [3.63, 3.8) is 0 Å². The van der Waals surface area contributed by atoms with E-state index in [2.05, 4.69) is 27.7 Å². The Kier molecular flexibility index (Phi) is 14.7. The number of hydrogen-bond acceptors (Lipinski definition) is 8. The first-order valence-electron chi connectivity index (χ1n) is 19.6. The average Bonchev–Trinajstić information content (AvgIpc) is 3.15. The molecule has 0 atom stereocenters. The number of nitro benzene ring substituents is 2. The minimum Gasteiger partial charge on any atom is -0.493 e. The van der Waals surface area contributed by atoms with Crippen molar-refractivity contribution < 1.29 is 28.8 Å². The smallest absolute Gasteiger partial charge is 0.270 e. The quantitative estimate of drug-likeness (QED) is 0.0494. The van der Waals surface area contributed by atoms with Crippen LogP contribution >= 0.6 is 0 Å². The monoisotopic (exact) mass is 738 g/mol. The zero-order chi connectivity index (χ0) is 38.5. The number of fused-ring (bicyclic) bond motifs is 8. The summed E-state index contributed by atoms with van der Waals surface area (Å²) in [6.07, 6.45) is 8.41. The second-order valence-electron chi connectivity index (χ2n) is 14.0. The SMILES string of the molecule is CCCCOc1c2cccc1Cc1cc([N+](=O)[O-])cc(c1OCCCC)Cc1cccc(c1OCCCC)Cc1cc([N+](=O)[O-])cc(c1OCCCC)C2. The number of unbranched alkanes of at least 4 members (excludes halogenated alkanes) is 4. The summed E-state index contributed by atoms with van der Waals surface area (Å²) in [5.74, 6) is 2.64. The van der Waals surface area contributed by atoms with Crippen LogP contribution in [0.2, 0.25) is 0 Å². The fraction of sp³-hybridized carbons (Fsp3) is 0.455. The molecule has 0 saturated heterocycles. The van der Waals surface area contributed by atoms with E-state index in [4.69, 9.17) is 18.9 Å². The van der Waals surface area contributed by atoms with Crippen molar-refractivity contribution in [3.8, 4) is 23.0 Å². The molecule has 10 nitrogen and oxygen atoms in total. The first-order chi connectivity index (χ1) is 26.3. The summed E-state index contributed by atoms with van der Waals surface area (Å²) in [5, 5.41) is 24.9. The average molecular weight is 739 g/mol. The van der Waals surface area contributed by atoms with Crippen LogP contribution in [-0.4, -0.2) is 36.3 Å². The maximum Gasteiger partial charge on any atom is 0.270 e. The molecule has 8 bridgehead atoms. The van der Waals surface area contributed by atoms with Crippen LogP contribution < -0.4 is 18.9 Å². The van der Waals surface area contributed by atoms with Crippen LogP contribution in [0.4, 0.5) is 11.4 Å². The van der Waals surface area contributed by atoms with Gasteiger partial charge in [-0.2, -0.15) is 0 Å². The summed E-state index contributed by atoms with van der Waals surface area (Å²) < 4.78 is 26.2. The van der Waals surface area contributed by atoms with E-state index >= 15 is 0 Å². The Balaban J connectivity index is 1.83. The molecule has 0 aromatic heterocycles. The van der Waals surface area contributed by atoms with Crippen molar-refractivity contribution >= 4 is 11.4 Å². The van der Waals surface area contributed by atoms with Crippen molar-refractivity contribution in [2.45, 2.75) is 105 Å². The Bertz CT molecular complexity index is 1680. The lowest BCUT2D eigenvalue weighted by Crippen LogP contribution is -2.11. The maximum atomic E-state index is 12.5. The minimum absolute atomic E-state index is 0.00525. The van der Waals surface area contributed by atoms with Gasteiger partial charge in [-0.25, -0.2) is 0 Å². The van der Waals surface area contributed by atoms with Gasteiger partial charge in [0, 0.05) is 72.2 Å². The second-order valence-corrected chi connectivity index (χ2v) is 14.0. The standard InChI is InChI=1S/C44H54N2O8/c1-5-9-19-51-41-31-15-13-16-32(41)24-36-28-40(46(49)50)30-38(44(36)54-22-12-8-4)26-34-18-14-17-33(42(34)52-20-10-6-2)25-37-29-39(45(47)48)27-35(23-31)43(37)53-21-11-7-3/h13-18,27-30H,5-12,19-26H2,1-4H3. The fourth-order valence-electron chi connectivity index (χ4n) is 6.88. The van der Waals surface area contributed by atoms with Gasteiger partial charge in [0.25, 0.3) is 11.4 Å². The van der Waals surface area contributed by atoms with Crippen molar-refractivity contribution in [2.24, 2.45) is 0 Å². The number of benzene rings is 4. The van der Waals surface area contributed by atoms with Crippen LogP contribution in [0.5, 0.6) is 23.0 Å². The molecule has 0 fully saturated rings. The predicted molar refractivity (Wildman–Crippen MR) is 212 cm³/mol. The van der Waals surface area contributed by atoms with Gasteiger partial charge in [-0.15, -0.1) is 0 Å². The van der Waals surface area contributed by atoms with E-state index in [1.165, 1.54) is 0 Å². The molecule has 0 radical (unpaired) electrons. The molecular formula is C44H54N2O8. The topological polar surface area (TPSA) is 123 Å². The van der Waals surface area contributed by atoms with Gasteiger partial charge in [-0.1, -0.05) is 89.8 Å². The number of nitrogens with zero attached hydrogens (tertiary/aromatic N) is 2. The van der Waals surface area contributed by atoms with Gasteiger partial charge in [-0.3, -0.25) is 20.2 Å². The molecule has 0 aliphatic heterocycles. The molecule has 0 unspecified atom stereocenters. The van der Waals surface area contributed by atoms with Crippen molar-refractivity contribution in [1.29, 1.82) is 0 Å². The predicted octanol–water partition coefficient (Wildman–Crippen LogP) is 10.9. The van der Waals surface area contributed by atoms with Crippen molar-refractivity contribution in [3.05, 3.63) is 125 Å². The number of hydrogen-bond donors (Lipinski definition) is 0. The van der Waals surface area contributed by atoms with Crippen molar-refractivity contribution in [1.82, 2.24) is 0 Å². The van der Waals surface area contributed by atoms with Gasteiger partial charge in [-0.05, 0) is 47.9 Å². The highest BCUT2D eigenvalue weighted by Crippen LogP contribution is 2.41. The molecule has 5 rings (SSSR count). The van der Waals surface area contributed by atoms with E-state index in [0.29, 0.717) is 97.4 Å². The lowest BCUT2D eigenvalue weighted by atomic mass is 9.90. The maximum absolute atomic E-state index is 12.5. The lowest BCUT2D eigenvalue weighted by Gasteiger charge is -2.23.